The molecule has 1 saturated heterocycles. The Labute approximate surface area is 128 Å². The number of piperazine rings is 1. The quantitative estimate of drug-likeness (QED) is 0.931. The first kappa shape index (κ1) is 14.6. The highest BCUT2D eigenvalue weighted by molar-refractivity contribution is 7.89. The maximum atomic E-state index is 11.9. The zero-order valence-electron chi connectivity index (χ0n) is 11.7. The van der Waals surface area contributed by atoms with Crippen LogP contribution in [0.3, 0.4) is 0 Å². The largest absolute Gasteiger partial charge is 0.368 e. The molecule has 0 aliphatic carbocycles. The van der Waals surface area contributed by atoms with Gasteiger partial charge in [-0.1, -0.05) is 11.6 Å². The van der Waals surface area contributed by atoms with Gasteiger partial charge >= 0.3 is 0 Å². The van der Waals surface area contributed by atoms with E-state index in [1.54, 1.807) is 17.4 Å². The normalized spacial score (nSPS) is 17.5. The minimum atomic E-state index is -3.10. The molecular weight excluding hydrogens is 312 g/mol. The third kappa shape index (κ3) is 2.73. The van der Waals surface area contributed by atoms with Crippen LogP contribution in [0.4, 0.5) is 5.69 Å². The van der Waals surface area contributed by atoms with Crippen molar-refractivity contribution in [3.05, 3.63) is 23.4 Å². The molecule has 1 N–H and O–H groups in total. The van der Waals surface area contributed by atoms with Gasteiger partial charge in [-0.2, -0.15) is 9.40 Å². The summed E-state index contributed by atoms with van der Waals surface area (Å²) in [5.41, 5.74) is 1.89. The predicted molar refractivity (Wildman–Crippen MR) is 84.4 cm³/mol. The molecule has 0 unspecified atom stereocenters. The summed E-state index contributed by atoms with van der Waals surface area (Å²) in [5, 5.41) is 8.61. The Balaban J connectivity index is 1.85. The topological polar surface area (TPSA) is 69.3 Å². The van der Waals surface area contributed by atoms with Crippen molar-refractivity contribution in [2.24, 2.45) is 0 Å². The van der Waals surface area contributed by atoms with Crippen molar-refractivity contribution in [3.63, 3.8) is 0 Å². The Bertz CT molecular complexity index is 751. The van der Waals surface area contributed by atoms with Gasteiger partial charge in [-0.25, -0.2) is 8.42 Å². The molecule has 2 aromatic rings. The molecule has 1 fully saturated rings. The molecule has 0 atom stereocenters. The van der Waals surface area contributed by atoms with Crippen molar-refractivity contribution in [1.29, 1.82) is 0 Å². The first-order valence-corrected chi connectivity index (χ1v) is 8.85. The Morgan fingerprint density at radius 3 is 2.67 bits per heavy atom. The fraction of sp³-hybridized carbons (Fsp3) is 0.462. The lowest BCUT2D eigenvalue weighted by molar-refractivity contribution is 0.386. The van der Waals surface area contributed by atoms with Gasteiger partial charge in [-0.15, -0.1) is 0 Å². The van der Waals surface area contributed by atoms with Crippen LogP contribution < -0.4 is 4.90 Å². The number of hydrogen-bond donors (Lipinski definition) is 1. The Morgan fingerprint density at radius 2 is 2.00 bits per heavy atom. The molecule has 0 spiro atoms. The van der Waals surface area contributed by atoms with E-state index in [-0.39, 0.29) is 5.75 Å². The fourth-order valence-electron chi connectivity index (χ4n) is 2.65. The average Bonchev–Trinajstić information content (AvgIpc) is 2.94. The third-order valence-electron chi connectivity index (χ3n) is 3.84. The number of fused-ring (bicyclic) bond motifs is 1. The SMILES string of the molecule is CCS(=O)(=O)N1CCN(c2cc(Cl)cc3[nH]ncc23)CC1. The van der Waals surface area contributed by atoms with E-state index in [1.807, 2.05) is 12.1 Å². The Kier molecular flexibility index (Phi) is 3.81. The van der Waals surface area contributed by atoms with Crippen LogP contribution in [0.5, 0.6) is 0 Å². The lowest BCUT2D eigenvalue weighted by atomic mass is 10.2. The summed E-state index contributed by atoms with van der Waals surface area (Å²) in [5.74, 6) is 0.149. The van der Waals surface area contributed by atoms with Crippen LogP contribution in [0, 0.1) is 0 Å². The third-order valence-corrected chi connectivity index (χ3v) is 5.94. The van der Waals surface area contributed by atoms with E-state index in [2.05, 4.69) is 15.1 Å². The second-order valence-corrected chi connectivity index (χ2v) is 7.74. The molecule has 21 heavy (non-hydrogen) atoms. The summed E-state index contributed by atoms with van der Waals surface area (Å²) in [7, 11) is -3.10. The number of sulfonamides is 1. The smallest absolute Gasteiger partial charge is 0.213 e. The number of anilines is 1. The summed E-state index contributed by atoms with van der Waals surface area (Å²) in [6.07, 6.45) is 1.77. The number of rotatable bonds is 3. The van der Waals surface area contributed by atoms with E-state index in [9.17, 15) is 8.42 Å². The molecule has 0 saturated carbocycles. The average molecular weight is 329 g/mol. The van der Waals surface area contributed by atoms with Crippen LogP contribution in [-0.4, -0.2) is 54.9 Å². The van der Waals surface area contributed by atoms with Crippen molar-refractivity contribution in [3.8, 4) is 0 Å². The van der Waals surface area contributed by atoms with Crippen molar-refractivity contribution in [2.75, 3.05) is 36.8 Å². The molecule has 8 heteroatoms. The summed E-state index contributed by atoms with van der Waals surface area (Å²) in [4.78, 5) is 2.16. The molecule has 0 amide bonds. The number of aromatic amines is 1. The Morgan fingerprint density at radius 1 is 1.29 bits per heavy atom. The van der Waals surface area contributed by atoms with Gasteiger partial charge in [0.15, 0.2) is 0 Å². The summed E-state index contributed by atoms with van der Waals surface area (Å²) in [6, 6.07) is 3.74. The summed E-state index contributed by atoms with van der Waals surface area (Å²) >= 11 is 6.14. The number of aromatic nitrogens is 2. The molecule has 1 aliphatic rings. The number of halogens is 1. The van der Waals surface area contributed by atoms with E-state index in [1.165, 1.54) is 0 Å². The van der Waals surface area contributed by atoms with Crippen LogP contribution in [0.1, 0.15) is 6.92 Å². The molecule has 1 aliphatic heterocycles. The zero-order chi connectivity index (χ0) is 15.0. The molecule has 2 heterocycles. The first-order valence-electron chi connectivity index (χ1n) is 6.86. The highest BCUT2D eigenvalue weighted by Gasteiger charge is 2.26. The number of nitrogens with zero attached hydrogens (tertiary/aromatic N) is 3. The zero-order valence-corrected chi connectivity index (χ0v) is 13.3. The lowest BCUT2D eigenvalue weighted by Crippen LogP contribution is -2.49. The van der Waals surface area contributed by atoms with Crippen molar-refractivity contribution in [1.82, 2.24) is 14.5 Å². The van der Waals surface area contributed by atoms with Crippen LogP contribution in [0.25, 0.3) is 10.9 Å². The number of benzene rings is 1. The second-order valence-electron chi connectivity index (χ2n) is 5.04. The second kappa shape index (κ2) is 5.47. The van der Waals surface area contributed by atoms with E-state index >= 15 is 0 Å². The van der Waals surface area contributed by atoms with E-state index in [4.69, 9.17) is 11.6 Å². The molecule has 6 nitrogen and oxygen atoms in total. The monoisotopic (exact) mass is 328 g/mol. The number of H-pyrrole nitrogens is 1. The molecule has 1 aromatic heterocycles. The van der Waals surface area contributed by atoms with Crippen LogP contribution in [0.15, 0.2) is 18.3 Å². The van der Waals surface area contributed by atoms with Gasteiger partial charge in [0.2, 0.25) is 10.0 Å². The highest BCUT2D eigenvalue weighted by atomic mass is 35.5. The summed E-state index contributed by atoms with van der Waals surface area (Å²) < 4.78 is 25.3. The van der Waals surface area contributed by atoms with E-state index in [0.717, 1.165) is 16.6 Å². The minimum Gasteiger partial charge on any atom is -0.368 e. The van der Waals surface area contributed by atoms with Gasteiger partial charge < -0.3 is 4.90 Å². The van der Waals surface area contributed by atoms with Crippen molar-refractivity contribution in [2.45, 2.75) is 6.92 Å². The van der Waals surface area contributed by atoms with Crippen LogP contribution in [-0.2, 0) is 10.0 Å². The molecule has 114 valence electrons. The maximum Gasteiger partial charge on any atom is 0.213 e. The van der Waals surface area contributed by atoms with Crippen LogP contribution >= 0.6 is 11.6 Å². The Hall–Kier alpha value is -1.31. The minimum absolute atomic E-state index is 0.149. The molecule has 0 bridgehead atoms. The van der Waals surface area contributed by atoms with Gasteiger partial charge in [0.05, 0.1) is 17.5 Å². The first-order chi connectivity index (χ1) is 10.0. The van der Waals surface area contributed by atoms with Crippen LogP contribution in [0.2, 0.25) is 5.02 Å². The highest BCUT2D eigenvalue weighted by Crippen LogP contribution is 2.30. The maximum absolute atomic E-state index is 11.9. The van der Waals surface area contributed by atoms with E-state index in [0.29, 0.717) is 31.2 Å². The van der Waals surface area contributed by atoms with E-state index < -0.39 is 10.0 Å². The lowest BCUT2D eigenvalue weighted by Gasteiger charge is -2.35. The van der Waals surface area contributed by atoms with Gasteiger partial charge in [-0.05, 0) is 19.1 Å². The van der Waals surface area contributed by atoms with Gasteiger partial charge in [-0.3, -0.25) is 5.10 Å². The molecule has 3 rings (SSSR count). The standard InChI is InChI=1S/C13H17ClN4O2S/c1-2-21(19,20)18-5-3-17(4-6-18)13-8-10(14)7-12-11(13)9-15-16-12/h7-9H,2-6H2,1H3,(H,15,16). The van der Waals surface area contributed by atoms with Crippen molar-refractivity contribution >= 4 is 38.2 Å². The molecule has 1 aromatic carbocycles. The van der Waals surface area contributed by atoms with Gasteiger partial charge in [0, 0.05) is 42.3 Å². The number of nitrogens with one attached hydrogen (secondary N) is 1. The van der Waals surface area contributed by atoms with Gasteiger partial charge in [0.1, 0.15) is 0 Å². The van der Waals surface area contributed by atoms with Gasteiger partial charge in [0.25, 0.3) is 0 Å². The predicted octanol–water partition coefficient (Wildman–Crippen LogP) is 1.69. The summed E-state index contributed by atoms with van der Waals surface area (Å²) in [6.45, 7) is 3.98. The number of hydrogen-bond acceptors (Lipinski definition) is 4. The fourth-order valence-corrected chi connectivity index (χ4v) is 3.95. The van der Waals surface area contributed by atoms with Crippen molar-refractivity contribution < 1.29 is 8.42 Å². The molecule has 0 radical (unpaired) electrons. The molecular formula is C13H17ClN4O2S.